The van der Waals surface area contributed by atoms with Crippen LogP contribution in [0.2, 0.25) is 0 Å². The van der Waals surface area contributed by atoms with Crippen molar-refractivity contribution in [1.82, 2.24) is 0 Å². The number of nitrogens with zero attached hydrogens (tertiary/aromatic N) is 2. The van der Waals surface area contributed by atoms with E-state index in [0.717, 1.165) is 16.9 Å². The smallest absolute Gasteiger partial charge is 0.203 e. The molecule has 3 rings (SSSR count). The van der Waals surface area contributed by atoms with Crippen molar-refractivity contribution in [2.45, 2.75) is 5.92 Å². The minimum absolute atomic E-state index is 0.0149. The van der Waals surface area contributed by atoms with Gasteiger partial charge in [0.25, 0.3) is 0 Å². The Morgan fingerprint density at radius 1 is 0.548 bits per heavy atom. The van der Waals surface area contributed by atoms with Crippen LogP contribution >= 0.6 is 0 Å². The molecule has 0 spiro atoms. The molecule has 0 saturated carbocycles. The van der Waals surface area contributed by atoms with Crippen molar-refractivity contribution in [2.24, 2.45) is 0 Å². The second kappa shape index (κ2) is 9.65. The van der Waals surface area contributed by atoms with Crippen LogP contribution in [0.4, 0.5) is 11.4 Å². The molecule has 0 aliphatic heterocycles. The number of methoxy groups -OCH3 is 3. The van der Waals surface area contributed by atoms with Gasteiger partial charge in [-0.1, -0.05) is 24.3 Å². The molecule has 0 radical (unpaired) electrons. The zero-order valence-corrected chi connectivity index (χ0v) is 19.5. The Hall–Kier alpha value is -3.34. The van der Waals surface area contributed by atoms with Crippen molar-refractivity contribution in [3.8, 4) is 17.2 Å². The van der Waals surface area contributed by atoms with E-state index in [1.807, 2.05) is 40.3 Å². The largest absolute Gasteiger partial charge is 0.493 e. The highest BCUT2D eigenvalue weighted by molar-refractivity contribution is 5.59. The highest BCUT2D eigenvalue weighted by atomic mass is 16.5. The Labute approximate surface area is 185 Å². The van der Waals surface area contributed by atoms with E-state index < -0.39 is 0 Å². The molecule has 5 nitrogen and oxygen atoms in total. The zero-order valence-electron chi connectivity index (χ0n) is 19.5. The third-order valence-corrected chi connectivity index (χ3v) is 5.51. The van der Waals surface area contributed by atoms with E-state index in [1.54, 1.807) is 21.3 Å². The number of ether oxygens (including phenoxy) is 3. The van der Waals surface area contributed by atoms with Crippen molar-refractivity contribution in [3.63, 3.8) is 0 Å². The molecule has 0 saturated heterocycles. The second-order valence-corrected chi connectivity index (χ2v) is 7.86. The highest BCUT2D eigenvalue weighted by Gasteiger charge is 2.22. The lowest BCUT2D eigenvalue weighted by Crippen LogP contribution is -2.10. The summed E-state index contributed by atoms with van der Waals surface area (Å²) in [5.41, 5.74) is 5.78. The van der Waals surface area contributed by atoms with Gasteiger partial charge in [0, 0.05) is 45.5 Å². The summed E-state index contributed by atoms with van der Waals surface area (Å²) >= 11 is 0. The molecule has 3 aromatic carbocycles. The van der Waals surface area contributed by atoms with Gasteiger partial charge in [-0.2, -0.15) is 0 Å². The Morgan fingerprint density at radius 3 is 1.23 bits per heavy atom. The first-order valence-electron chi connectivity index (χ1n) is 10.2. The molecule has 0 amide bonds. The van der Waals surface area contributed by atoms with Gasteiger partial charge in [-0.3, -0.25) is 0 Å². The number of hydrogen-bond donors (Lipinski definition) is 0. The normalized spacial score (nSPS) is 10.7. The summed E-state index contributed by atoms with van der Waals surface area (Å²) in [5.74, 6) is 1.91. The number of hydrogen-bond acceptors (Lipinski definition) is 5. The van der Waals surface area contributed by atoms with Crippen LogP contribution in [0.15, 0.2) is 60.7 Å². The van der Waals surface area contributed by atoms with Crippen molar-refractivity contribution in [1.29, 1.82) is 0 Å². The van der Waals surface area contributed by atoms with Crippen LogP contribution in [-0.2, 0) is 0 Å². The van der Waals surface area contributed by atoms with Crippen LogP contribution in [0.1, 0.15) is 22.6 Å². The molecule has 31 heavy (non-hydrogen) atoms. The quantitative estimate of drug-likeness (QED) is 0.478. The molecule has 3 aromatic rings. The summed E-state index contributed by atoms with van der Waals surface area (Å²) in [5, 5.41) is 0. The summed E-state index contributed by atoms with van der Waals surface area (Å²) in [7, 11) is 13.1. The summed E-state index contributed by atoms with van der Waals surface area (Å²) in [4.78, 5) is 4.20. The van der Waals surface area contributed by atoms with Crippen LogP contribution in [0.5, 0.6) is 17.2 Å². The van der Waals surface area contributed by atoms with Gasteiger partial charge in [-0.25, -0.2) is 0 Å². The summed E-state index contributed by atoms with van der Waals surface area (Å²) in [6.45, 7) is 0. The van der Waals surface area contributed by atoms with Gasteiger partial charge in [0.2, 0.25) is 5.75 Å². The van der Waals surface area contributed by atoms with Crippen LogP contribution < -0.4 is 24.0 Å². The lowest BCUT2D eigenvalue weighted by Gasteiger charge is -2.23. The van der Waals surface area contributed by atoms with Gasteiger partial charge < -0.3 is 24.0 Å². The van der Waals surface area contributed by atoms with Crippen LogP contribution in [0, 0.1) is 0 Å². The maximum absolute atomic E-state index is 5.62. The molecule has 0 aromatic heterocycles. The zero-order chi connectivity index (χ0) is 22.5. The minimum Gasteiger partial charge on any atom is -0.493 e. The van der Waals surface area contributed by atoms with Gasteiger partial charge in [0.15, 0.2) is 11.5 Å². The standard InChI is InChI=1S/C26H32N2O3/c1-27(2)21-12-8-18(9-13-21)25(19-10-14-22(15-11-19)28(3)4)20-16-23(29-5)26(31-7)24(17-20)30-6/h8-17,25H,1-7H3. The average molecular weight is 421 g/mol. The van der Waals surface area contributed by atoms with E-state index in [2.05, 4.69) is 58.3 Å². The van der Waals surface area contributed by atoms with Crippen LogP contribution in [0.3, 0.4) is 0 Å². The molecule has 164 valence electrons. The van der Waals surface area contributed by atoms with Gasteiger partial charge in [0.05, 0.1) is 21.3 Å². The number of rotatable bonds is 8. The Morgan fingerprint density at radius 2 is 0.935 bits per heavy atom. The van der Waals surface area contributed by atoms with E-state index in [9.17, 15) is 0 Å². The Bertz CT molecular complexity index is 920. The van der Waals surface area contributed by atoms with Gasteiger partial charge in [0.1, 0.15) is 0 Å². The molecule has 0 atom stereocenters. The third kappa shape index (κ3) is 4.71. The topological polar surface area (TPSA) is 34.2 Å². The van der Waals surface area contributed by atoms with E-state index in [1.165, 1.54) is 11.1 Å². The lowest BCUT2D eigenvalue weighted by atomic mass is 9.84. The van der Waals surface area contributed by atoms with E-state index in [4.69, 9.17) is 14.2 Å². The summed E-state index contributed by atoms with van der Waals surface area (Å²) < 4.78 is 16.8. The molecule has 0 fully saturated rings. The molecule has 0 unspecified atom stereocenters. The Balaban J connectivity index is 2.18. The maximum atomic E-state index is 5.62. The van der Waals surface area contributed by atoms with Crippen molar-refractivity contribution < 1.29 is 14.2 Å². The fraction of sp³-hybridized carbons (Fsp3) is 0.308. The molecule has 0 aliphatic rings. The molecular weight excluding hydrogens is 388 g/mol. The first kappa shape index (κ1) is 22.3. The maximum Gasteiger partial charge on any atom is 0.203 e. The summed E-state index contributed by atoms with van der Waals surface area (Å²) in [6, 6.07) is 21.4. The highest BCUT2D eigenvalue weighted by Crippen LogP contribution is 2.43. The fourth-order valence-electron chi connectivity index (χ4n) is 3.78. The monoisotopic (exact) mass is 420 g/mol. The SMILES string of the molecule is COc1cc(C(c2ccc(N(C)C)cc2)c2ccc(N(C)C)cc2)cc(OC)c1OC. The number of anilines is 2. The summed E-state index contributed by atoms with van der Waals surface area (Å²) in [6.07, 6.45) is 0. The van der Waals surface area contributed by atoms with Gasteiger partial charge >= 0.3 is 0 Å². The molecule has 5 heteroatoms. The average Bonchev–Trinajstić information content (AvgIpc) is 2.79. The minimum atomic E-state index is 0.0149. The Kier molecular flexibility index (Phi) is 6.95. The van der Waals surface area contributed by atoms with Crippen molar-refractivity contribution in [2.75, 3.05) is 59.3 Å². The van der Waals surface area contributed by atoms with Crippen LogP contribution in [-0.4, -0.2) is 49.5 Å². The molecule has 0 bridgehead atoms. The fourth-order valence-corrected chi connectivity index (χ4v) is 3.78. The van der Waals surface area contributed by atoms with Gasteiger partial charge in [-0.05, 0) is 53.1 Å². The van der Waals surface area contributed by atoms with Crippen LogP contribution in [0.25, 0.3) is 0 Å². The second-order valence-electron chi connectivity index (χ2n) is 7.86. The van der Waals surface area contributed by atoms with E-state index in [-0.39, 0.29) is 5.92 Å². The van der Waals surface area contributed by atoms with Crippen molar-refractivity contribution in [3.05, 3.63) is 77.4 Å². The lowest BCUT2D eigenvalue weighted by molar-refractivity contribution is 0.323. The van der Waals surface area contributed by atoms with Gasteiger partial charge in [-0.15, -0.1) is 0 Å². The van der Waals surface area contributed by atoms with Crippen molar-refractivity contribution >= 4 is 11.4 Å². The predicted octanol–water partition coefficient (Wildman–Crippen LogP) is 5.02. The van der Waals surface area contributed by atoms with E-state index >= 15 is 0 Å². The third-order valence-electron chi connectivity index (χ3n) is 5.51. The first-order chi connectivity index (χ1) is 14.9. The number of benzene rings is 3. The first-order valence-corrected chi connectivity index (χ1v) is 10.2. The molecule has 0 heterocycles. The molecular formula is C26H32N2O3. The predicted molar refractivity (Wildman–Crippen MR) is 129 cm³/mol. The molecule has 0 aliphatic carbocycles. The van der Waals surface area contributed by atoms with E-state index in [0.29, 0.717) is 17.2 Å². The molecule has 0 N–H and O–H groups in total.